The number of fused-ring (bicyclic) bond motifs is 1. The van der Waals surface area contributed by atoms with Crippen LogP contribution in [-0.4, -0.2) is 16.9 Å². The first-order valence-corrected chi connectivity index (χ1v) is 8.37. The Bertz CT molecular complexity index is 975. The summed E-state index contributed by atoms with van der Waals surface area (Å²) in [6.45, 7) is 3.87. The van der Waals surface area contributed by atoms with E-state index in [4.69, 9.17) is 4.42 Å². The predicted octanol–water partition coefficient (Wildman–Crippen LogP) is 3.73. The predicted molar refractivity (Wildman–Crippen MR) is 99.1 cm³/mol. The van der Waals surface area contributed by atoms with Crippen LogP contribution in [0.2, 0.25) is 0 Å². The van der Waals surface area contributed by atoms with Gasteiger partial charge in [0, 0.05) is 23.1 Å². The first kappa shape index (κ1) is 17.5. The van der Waals surface area contributed by atoms with Crippen LogP contribution >= 0.6 is 0 Å². The second-order valence-electron chi connectivity index (χ2n) is 5.96. The molecule has 2 aromatic carbocycles. The topological polar surface area (TPSA) is 91.6 Å². The van der Waals surface area contributed by atoms with E-state index in [0.29, 0.717) is 17.9 Å². The van der Waals surface area contributed by atoms with Crippen LogP contribution in [0.25, 0.3) is 11.0 Å². The Morgan fingerprint density at radius 2 is 1.92 bits per heavy atom. The van der Waals surface area contributed by atoms with Crippen molar-refractivity contribution in [2.75, 3.05) is 5.32 Å². The van der Waals surface area contributed by atoms with Crippen molar-refractivity contribution in [1.29, 1.82) is 0 Å². The summed E-state index contributed by atoms with van der Waals surface area (Å²) in [6, 6.07) is 12.0. The molecule has 0 atom stereocenters. The van der Waals surface area contributed by atoms with Crippen molar-refractivity contribution >= 4 is 28.5 Å². The number of anilines is 1. The first-order valence-electron chi connectivity index (χ1n) is 8.37. The summed E-state index contributed by atoms with van der Waals surface area (Å²) >= 11 is 0. The minimum Gasteiger partial charge on any atom is -0.507 e. The molecule has 6 nitrogen and oxygen atoms in total. The van der Waals surface area contributed by atoms with Crippen LogP contribution in [0.5, 0.6) is 5.75 Å². The van der Waals surface area contributed by atoms with Crippen molar-refractivity contribution in [2.24, 2.45) is 0 Å². The number of rotatable bonds is 5. The normalized spacial score (nSPS) is 10.7. The van der Waals surface area contributed by atoms with Crippen molar-refractivity contribution in [3.63, 3.8) is 0 Å². The summed E-state index contributed by atoms with van der Waals surface area (Å²) < 4.78 is 5.77. The molecule has 0 aliphatic rings. The maximum absolute atomic E-state index is 12.4. The second-order valence-corrected chi connectivity index (χ2v) is 5.96. The van der Waals surface area contributed by atoms with Gasteiger partial charge in [0.05, 0.1) is 12.1 Å². The molecule has 0 bridgehead atoms. The Hall–Kier alpha value is -3.28. The molecule has 134 valence electrons. The highest BCUT2D eigenvalue weighted by atomic mass is 16.3. The number of hydrogen-bond acceptors (Lipinski definition) is 4. The minimum absolute atomic E-state index is 0.0904. The molecule has 2 amide bonds. The highest BCUT2D eigenvalue weighted by Crippen LogP contribution is 2.25. The molecule has 0 aliphatic carbocycles. The maximum Gasteiger partial charge on any atom is 0.255 e. The molecule has 6 heteroatoms. The minimum atomic E-state index is -0.449. The lowest BCUT2D eigenvalue weighted by atomic mass is 10.1. The highest BCUT2D eigenvalue weighted by Gasteiger charge is 2.15. The van der Waals surface area contributed by atoms with Crippen molar-refractivity contribution in [3.05, 3.63) is 59.4 Å². The zero-order chi connectivity index (χ0) is 18.7. The third-order valence-corrected chi connectivity index (χ3v) is 4.20. The number of aromatic hydroxyl groups is 1. The van der Waals surface area contributed by atoms with Crippen LogP contribution in [0.1, 0.15) is 35.0 Å². The van der Waals surface area contributed by atoms with Gasteiger partial charge < -0.3 is 20.2 Å². The summed E-state index contributed by atoms with van der Waals surface area (Å²) in [5.74, 6) is -0.109. The van der Waals surface area contributed by atoms with Crippen molar-refractivity contribution in [2.45, 2.75) is 26.8 Å². The largest absolute Gasteiger partial charge is 0.507 e. The average Bonchev–Trinajstić information content (AvgIpc) is 2.97. The summed E-state index contributed by atoms with van der Waals surface area (Å²) in [4.78, 5) is 23.9. The molecule has 0 radical (unpaired) electrons. The van der Waals surface area contributed by atoms with Gasteiger partial charge in [0.25, 0.3) is 5.91 Å². The molecule has 0 unspecified atom stereocenters. The molecular formula is C20H20N2O4. The van der Waals surface area contributed by atoms with Crippen LogP contribution in [0, 0.1) is 6.92 Å². The summed E-state index contributed by atoms with van der Waals surface area (Å²) in [5.41, 5.74) is 2.28. The van der Waals surface area contributed by atoms with Gasteiger partial charge in [0.2, 0.25) is 5.91 Å². The number of amides is 2. The van der Waals surface area contributed by atoms with Gasteiger partial charge in [0.1, 0.15) is 17.1 Å². The molecule has 26 heavy (non-hydrogen) atoms. The number of aryl methyl sites for hydroxylation is 1. The fourth-order valence-corrected chi connectivity index (χ4v) is 2.69. The molecule has 0 spiro atoms. The van der Waals surface area contributed by atoms with Crippen LogP contribution in [0.3, 0.4) is 0 Å². The molecule has 0 saturated heterocycles. The van der Waals surface area contributed by atoms with Gasteiger partial charge in [-0.25, -0.2) is 0 Å². The van der Waals surface area contributed by atoms with E-state index < -0.39 is 5.91 Å². The number of phenolic OH excluding ortho intramolecular Hbond substituents is 1. The van der Waals surface area contributed by atoms with Crippen LogP contribution in [0.15, 0.2) is 46.9 Å². The SMILES string of the molecule is CCC(=O)Nc1ccc(O)c(C(=O)NCc2oc3ccccc3c2C)c1. The van der Waals surface area contributed by atoms with E-state index in [9.17, 15) is 14.7 Å². The highest BCUT2D eigenvalue weighted by molar-refractivity contribution is 5.99. The van der Waals surface area contributed by atoms with E-state index in [1.54, 1.807) is 13.0 Å². The Kier molecular flexibility index (Phi) is 4.93. The number of nitrogens with one attached hydrogen (secondary N) is 2. The quantitative estimate of drug-likeness (QED) is 0.610. The number of phenols is 1. The van der Waals surface area contributed by atoms with E-state index in [1.165, 1.54) is 12.1 Å². The Morgan fingerprint density at radius 3 is 2.65 bits per heavy atom. The van der Waals surface area contributed by atoms with E-state index in [-0.39, 0.29) is 23.8 Å². The molecule has 3 rings (SSSR count). The second kappa shape index (κ2) is 7.31. The van der Waals surface area contributed by atoms with Gasteiger partial charge in [-0.1, -0.05) is 25.1 Å². The van der Waals surface area contributed by atoms with Crippen LogP contribution in [-0.2, 0) is 11.3 Å². The monoisotopic (exact) mass is 352 g/mol. The maximum atomic E-state index is 12.4. The summed E-state index contributed by atoms with van der Waals surface area (Å²) in [7, 11) is 0. The number of furan rings is 1. The number of hydrogen-bond donors (Lipinski definition) is 3. The first-order chi connectivity index (χ1) is 12.5. The van der Waals surface area contributed by atoms with Crippen LogP contribution < -0.4 is 10.6 Å². The number of carbonyl (C=O) groups excluding carboxylic acids is 2. The molecule has 1 heterocycles. The van der Waals surface area contributed by atoms with Gasteiger partial charge in [-0.3, -0.25) is 9.59 Å². The molecule has 0 saturated carbocycles. The van der Waals surface area contributed by atoms with E-state index in [1.807, 2.05) is 31.2 Å². The van der Waals surface area contributed by atoms with Gasteiger partial charge in [-0.15, -0.1) is 0 Å². The zero-order valence-electron chi connectivity index (χ0n) is 14.6. The lowest BCUT2D eigenvalue weighted by Crippen LogP contribution is -2.23. The fraction of sp³-hybridized carbons (Fsp3) is 0.200. The molecular weight excluding hydrogens is 332 g/mol. The number of carbonyl (C=O) groups is 2. The van der Waals surface area contributed by atoms with Gasteiger partial charge in [-0.2, -0.15) is 0 Å². The van der Waals surface area contributed by atoms with Crippen molar-refractivity contribution < 1.29 is 19.1 Å². The van der Waals surface area contributed by atoms with Gasteiger partial charge >= 0.3 is 0 Å². The van der Waals surface area contributed by atoms with Gasteiger partial charge in [0.15, 0.2) is 0 Å². The molecule has 1 aromatic heterocycles. The summed E-state index contributed by atoms with van der Waals surface area (Å²) in [6.07, 6.45) is 0.327. The molecule has 0 fully saturated rings. The average molecular weight is 352 g/mol. The van der Waals surface area contributed by atoms with Crippen molar-refractivity contribution in [1.82, 2.24) is 5.32 Å². The lowest BCUT2D eigenvalue weighted by molar-refractivity contribution is -0.115. The van der Waals surface area contributed by atoms with E-state index in [0.717, 1.165) is 16.5 Å². The van der Waals surface area contributed by atoms with E-state index >= 15 is 0 Å². The summed E-state index contributed by atoms with van der Waals surface area (Å²) in [5, 5.41) is 16.4. The molecule has 3 N–H and O–H groups in total. The smallest absolute Gasteiger partial charge is 0.255 e. The Balaban J connectivity index is 1.76. The number of para-hydroxylation sites is 1. The fourth-order valence-electron chi connectivity index (χ4n) is 2.69. The Labute approximate surface area is 150 Å². The Morgan fingerprint density at radius 1 is 1.15 bits per heavy atom. The van der Waals surface area contributed by atoms with Crippen LogP contribution in [0.4, 0.5) is 5.69 Å². The molecule has 3 aromatic rings. The van der Waals surface area contributed by atoms with Crippen molar-refractivity contribution in [3.8, 4) is 5.75 Å². The standard InChI is InChI=1S/C20H20N2O4/c1-3-19(24)22-13-8-9-16(23)15(10-13)20(25)21-11-18-12(2)14-6-4-5-7-17(14)26-18/h4-10,23H,3,11H2,1-2H3,(H,21,25)(H,22,24). The van der Waals surface area contributed by atoms with E-state index in [2.05, 4.69) is 10.6 Å². The lowest BCUT2D eigenvalue weighted by Gasteiger charge is -2.09. The third-order valence-electron chi connectivity index (χ3n) is 4.20. The third kappa shape index (κ3) is 3.54. The molecule has 0 aliphatic heterocycles. The number of benzene rings is 2. The van der Waals surface area contributed by atoms with Gasteiger partial charge in [-0.05, 0) is 31.2 Å². The zero-order valence-corrected chi connectivity index (χ0v) is 14.6.